The van der Waals surface area contributed by atoms with Crippen molar-refractivity contribution < 1.29 is 13.2 Å². The maximum atomic E-state index is 12.4. The molecular formula is C18H24N4O3S2. The highest BCUT2D eigenvalue weighted by Gasteiger charge is 2.31. The number of anilines is 1. The van der Waals surface area contributed by atoms with Gasteiger partial charge in [-0.3, -0.25) is 9.79 Å². The average Bonchev–Trinajstić information content (AvgIpc) is 2.83. The Hall–Kier alpha value is -1.87. The zero-order valence-corrected chi connectivity index (χ0v) is 17.4. The Kier molecular flexibility index (Phi) is 5.36. The molecule has 0 aliphatic carbocycles. The van der Waals surface area contributed by atoms with Crippen LogP contribution in [-0.2, 0) is 14.8 Å². The first kappa shape index (κ1) is 19.9. The second-order valence-electron chi connectivity index (χ2n) is 7.70. The van der Waals surface area contributed by atoms with Crippen LogP contribution in [0.1, 0.15) is 40.5 Å². The van der Waals surface area contributed by atoms with Crippen LogP contribution in [-0.4, -0.2) is 36.6 Å². The molecule has 1 aromatic rings. The SMILES string of the molecule is C[C@H]1N=C(NC(=O)CC(C)(C)CC2=NS(=O)(=O)c3ccccc3N2)S[C@@H]1C. The molecule has 0 saturated heterocycles. The van der Waals surface area contributed by atoms with E-state index in [1.165, 1.54) is 6.07 Å². The molecule has 2 aliphatic rings. The Morgan fingerprint density at radius 2 is 2.00 bits per heavy atom. The number of aliphatic imine (C=N–C) groups is 1. The van der Waals surface area contributed by atoms with Gasteiger partial charge in [-0.1, -0.05) is 44.7 Å². The summed E-state index contributed by atoms with van der Waals surface area (Å²) in [4.78, 5) is 17.0. The van der Waals surface area contributed by atoms with Crippen molar-refractivity contribution >= 4 is 44.4 Å². The standard InChI is InChI=1S/C18H24N4O3S2/c1-11-12(2)26-17(19-11)21-16(23)10-18(3,4)9-15-20-13-7-5-6-8-14(13)27(24,25)22-15/h5-8,11-12H,9-10H2,1-4H3,(H,20,22)(H,19,21,23)/t11-,12-/m1/s1. The first-order valence-electron chi connectivity index (χ1n) is 8.80. The van der Waals surface area contributed by atoms with Crippen LogP contribution in [0, 0.1) is 5.41 Å². The number of hydrogen-bond acceptors (Lipinski definition) is 6. The summed E-state index contributed by atoms with van der Waals surface area (Å²) in [7, 11) is -3.72. The fourth-order valence-electron chi connectivity index (χ4n) is 3.01. The molecule has 7 nitrogen and oxygen atoms in total. The topological polar surface area (TPSA) is 100.0 Å². The molecule has 0 radical (unpaired) electrons. The molecule has 2 atom stereocenters. The quantitative estimate of drug-likeness (QED) is 0.798. The van der Waals surface area contributed by atoms with Crippen LogP contribution in [0.15, 0.2) is 38.6 Å². The molecule has 9 heteroatoms. The summed E-state index contributed by atoms with van der Waals surface area (Å²) in [5, 5.41) is 6.94. The lowest BCUT2D eigenvalue weighted by molar-refractivity contribution is -0.121. The zero-order chi connectivity index (χ0) is 19.8. The van der Waals surface area contributed by atoms with E-state index in [9.17, 15) is 13.2 Å². The van der Waals surface area contributed by atoms with E-state index < -0.39 is 15.4 Å². The van der Waals surface area contributed by atoms with E-state index in [0.717, 1.165) is 0 Å². The maximum absolute atomic E-state index is 12.4. The van der Waals surface area contributed by atoms with E-state index in [2.05, 4.69) is 26.9 Å². The molecule has 2 N–H and O–H groups in total. The van der Waals surface area contributed by atoms with Gasteiger partial charge in [0, 0.05) is 18.1 Å². The Morgan fingerprint density at radius 3 is 2.67 bits per heavy atom. The summed E-state index contributed by atoms with van der Waals surface area (Å²) in [5.74, 6) is 0.216. The van der Waals surface area contributed by atoms with Crippen molar-refractivity contribution in [2.45, 2.75) is 56.7 Å². The molecule has 0 unspecified atom stereocenters. The first-order valence-corrected chi connectivity index (χ1v) is 11.1. The van der Waals surface area contributed by atoms with Gasteiger partial charge in [-0.2, -0.15) is 8.42 Å². The number of amides is 1. The third kappa shape index (κ3) is 4.70. The van der Waals surface area contributed by atoms with Gasteiger partial charge < -0.3 is 10.6 Å². The van der Waals surface area contributed by atoms with Crippen molar-refractivity contribution in [1.29, 1.82) is 0 Å². The minimum Gasteiger partial charge on any atom is -0.342 e. The van der Waals surface area contributed by atoms with Crippen LogP contribution >= 0.6 is 11.8 Å². The highest BCUT2D eigenvalue weighted by molar-refractivity contribution is 8.14. The largest absolute Gasteiger partial charge is 0.342 e. The first-order chi connectivity index (χ1) is 12.6. The fraction of sp³-hybridized carbons (Fsp3) is 0.500. The Balaban J connectivity index is 1.66. The number of carbonyl (C=O) groups is 1. The molecule has 0 fully saturated rings. The normalized spacial score (nSPS) is 23.7. The number of amidine groups is 2. The zero-order valence-electron chi connectivity index (χ0n) is 15.8. The van der Waals surface area contributed by atoms with E-state index in [4.69, 9.17) is 0 Å². The fourth-order valence-corrected chi connectivity index (χ4v) is 5.17. The summed E-state index contributed by atoms with van der Waals surface area (Å²) < 4.78 is 28.6. The van der Waals surface area contributed by atoms with Crippen molar-refractivity contribution in [1.82, 2.24) is 5.32 Å². The van der Waals surface area contributed by atoms with Gasteiger partial charge in [-0.25, -0.2) is 0 Å². The molecule has 0 aromatic heterocycles. The predicted octanol–water partition coefficient (Wildman–Crippen LogP) is 3.00. The van der Waals surface area contributed by atoms with Crippen LogP contribution < -0.4 is 10.6 Å². The van der Waals surface area contributed by atoms with Gasteiger partial charge >= 0.3 is 0 Å². The third-order valence-corrected chi connectivity index (χ3v) is 7.07. The summed E-state index contributed by atoms with van der Waals surface area (Å²) in [6.45, 7) is 7.93. The molecule has 3 rings (SSSR count). The minimum absolute atomic E-state index is 0.132. The van der Waals surface area contributed by atoms with Crippen molar-refractivity contribution in [2.75, 3.05) is 5.32 Å². The van der Waals surface area contributed by atoms with E-state index >= 15 is 0 Å². The van der Waals surface area contributed by atoms with Gasteiger partial charge in [0.1, 0.15) is 10.7 Å². The summed E-state index contributed by atoms with van der Waals surface area (Å²) in [6, 6.07) is 6.85. The maximum Gasteiger partial charge on any atom is 0.286 e. The highest BCUT2D eigenvalue weighted by atomic mass is 32.2. The molecule has 2 heterocycles. The molecule has 27 heavy (non-hydrogen) atoms. The number of carbonyl (C=O) groups excluding carboxylic acids is 1. The van der Waals surface area contributed by atoms with Crippen LogP contribution in [0.2, 0.25) is 0 Å². The molecule has 1 aromatic carbocycles. The second kappa shape index (κ2) is 7.27. The van der Waals surface area contributed by atoms with Crippen LogP contribution in [0.5, 0.6) is 0 Å². The molecule has 0 saturated carbocycles. The van der Waals surface area contributed by atoms with Crippen LogP contribution in [0.25, 0.3) is 0 Å². The van der Waals surface area contributed by atoms with Gasteiger partial charge in [0.25, 0.3) is 10.0 Å². The molecule has 2 aliphatic heterocycles. The van der Waals surface area contributed by atoms with Gasteiger partial charge in [0.05, 0.1) is 11.7 Å². The Morgan fingerprint density at radius 1 is 1.30 bits per heavy atom. The van der Waals surface area contributed by atoms with Crippen LogP contribution in [0.4, 0.5) is 5.69 Å². The van der Waals surface area contributed by atoms with Gasteiger partial charge in [0.2, 0.25) is 5.91 Å². The van der Waals surface area contributed by atoms with Crippen molar-refractivity contribution in [3.05, 3.63) is 24.3 Å². The molecule has 1 amide bonds. The lowest BCUT2D eigenvalue weighted by Crippen LogP contribution is -2.34. The van der Waals surface area contributed by atoms with Gasteiger partial charge in [-0.15, -0.1) is 4.40 Å². The number of thioether (sulfide) groups is 1. The minimum atomic E-state index is -3.72. The summed E-state index contributed by atoms with van der Waals surface area (Å²) in [6.07, 6.45) is 0.568. The lowest BCUT2D eigenvalue weighted by Gasteiger charge is -2.27. The van der Waals surface area contributed by atoms with Crippen LogP contribution in [0.3, 0.4) is 0 Å². The van der Waals surface area contributed by atoms with E-state index in [0.29, 0.717) is 28.4 Å². The van der Waals surface area contributed by atoms with E-state index in [1.54, 1.807) is 30.0 Å². The smallest absolute Gasteiger partial charge is 0.286 e. The number of fused-ring (bicyclic) bond motifs is 1. The lowest BCUT2D eigenvalue weighted by atomic mass is 9.84. The van der Waals surface area contributed by atoms with Crippen molar-refractivity contribution in [3.63, 3.8) is 0 Å². The summed E-state index contributed by atoms with van der Waals surface area (Å²) in [5.41, 5.74) is 0.0427. The molecule has 0 spiro atoms. The van der Waals surface area contributed by atoms with E-state index in [1.807, 2.05) is 20.8 Å². The summed E-state index contributed by atoms with van der Waals surface area (Å²) >= 11 is 1.56. The monoisotopic (exact) mass is 408 g/mol. The number of nitrogens with one attached hydrogen (secondary N) is 2. The molecule has 0 bridgehead atoms. The number of rotatable bonds is 4. The molecule has 146 valence electrons. The Bertz CT molecular complexity index is 922. The number of para-hydroxylation sites is 1. The number of nitrogens with zero attached hydrogens (tertiary/aromatic N) is 2. The van der Waals surface area contributed by atoms with Crippen molar-refractivity contribution in [2.24, 2.45) is 14.8 Å². The highest BCUT2D eigenvalue weighted by Crippen LogP contribution is 2.32. The number of hydrogen-bond donors (Lipinski definition) is 2. The molecular weight excluding hydrogens is 384 g/mol. The Labute approximate surface area is 164 Å². The van der Waals surface area contributed by atoms with Gasteiger partial charge in [0.15, 0.2) is 5.17 Å². The average molecular weight is 409 g/mol. The van der Waals surface area contributed by atoms with Gasteiger partial charge in [-0.05, 0) is 24.5 Å². The third-order valence-electron chi connectivity index (χ3n) is 4.50. The number of sulfonamides is 1. The number of benzene rings is 1. The van der Waals surface area contributed by atoms with Crippen molar-refractivity contribution in [3.8, 4) is 0 Å². The van der Waals surface area contributed by atoms with E-state index in [-0.39, 0.29) is 23.3 Å². The second-order valence-corrected chi connectivity index (χ2v) is 10.6. The predicted molar refractivity (Wildman–Crippen MR) is 110 cm³/mol.